The fourth-order valence-corrected chi connectivity index (χ4v) is 1.48. The van der Waals surface area contributed by atoms with Crippen LogP contribution in [-0.4, -0.2) is 27.6 Å². The smallest absolute Gasteiger partial charge is 0.234 e. The van der Waals surface area contributed by atoms with Crippen molar-refractivity contribution < 1.29 is 4.79 Å². The number of hydrogen-bond acceptors (Lipinski definition) is 5. The predicted octanol–water partition coefficient (Wildman–Crippen LogP) is 0.542. The first-order valence-electron chi connectivity index (χ1n) is 4.75. The van der Waals surface area contributed by atoms with Crippen molar-refractivity contribution >= 4 is 17.4 Å². The molecule has 15 heavy (non-hydrogen) atoms. The van der Waals surface area contributed by atoms with E-state index in [2.05, 4.69) is 20.2 Å². The first kappa shape index (κ1) is 12.1. The normalized spacial score (nSPS) is 11.4. The molecule has 0 aliphatic heterocycles. The lowest BCUT2D eigenvalue weighted by Crippen LogP contribution is -2.44. The van der Waals surface area contributed by atoms with E-state index in [-0.39, 0.29) is 11.4 Å². The van der Waals surface area contributed by atoms with Crippen LogP contribution in [0, 0.1) is 0 Å². The van der Waals surface area contributed by atoms with E-state index in [0.717, 1.165) is 5.69 Å². The highest BCUT2D eigenvalue weighted by atomic mass is 32.1. The van der Waals surface area contributed by atoms with E-state index >= 15 is 0 Å². The van der Waals surface area contributed by atoms with E-state index in [1.807, 2.05) is 26.2 Å². The molecule has 0 aliphatic rings. The van der Waals surface area contributed by atoms with Crippen LogP contribution in [0.25, 0.3) is 0 Å². The van der Waals surface area contributed by atoms with Crippen LogP contribution in [0.15, 0.2) is 5.38 Å². The molecule has 0 atom stereocenters. The first-order valence-corrected chi connectivity index (χ1v) is 5.59. The van der Waals surface area contributed by atoms with Crippen molar-refractivity contribution in [1.82, 2.24) is 20.2 Å². The van der Waals surface area contributed by atoms with Crippen LogP contribution < -0.4 is 10.6 Å². The summed E-state index contributed by atoms with van der Waals surface area (Å²) in [5.74, 6) is -0.00862. The molecule has 0 fully saturated rings. The fraction of sp³-hybridized carbons (Fsp3) is 0.667. The minimum Gasteiger partial charge on any atom is -0.350 e. The Labute approximate surface area is 93.4 Å². The average Bonchev–Trinajstić information content (AvgIpc) is 2.53. The van der Waals surface area contributed by atoms with E-state index < -0.39 is 0 Å². The lowest BCUT2D eigenvalue weighted by Gasteiger charge is -2.20. The maximum Gasteiger partial charge on any atom is 0.234 e. The summed E-state index contributed by atoms with van der Waals surface area (Å²) in [6.07, 6.45) is 0. The molecular weight excluding hydrogens is 212 g/mol. The second kappa shape index (κ2) is 5.18. The molecule has 0 aromatic carbocycles. The third-order valence-corrected chi connectivity index (χ3v) is 2.06. The molecule has 5 nitrogen and oxygen atoms in total. The number of aromatic nitrogens is 2. The lowest BCUT2D eigenvalue weighted by molar-refractivity contribution is -0.121. The van der Waals surface area contributed by atoms with Crippen LogP contribution in [0.3, 0.4) is 0 Å². The first-order chi connectivity index (χ1) is 6.97. The summed E-state index contributed by atoms with van der Waals surface area (Å²) in [5, 5.41) is 11.6. The second-order valence-corrected chi connectivity index (χ2v) is 4.91. The molecule has 1 amide bonds. The minimum atomic E-state index is -0.180. The van der Waals surface area contributed by atoms with Crippen LogP contribution in [-0.2, 0) is 11.3 Å². The molecule has 0 saturated carbocycles. The molecule has 1 rings (SSSR count). The Balaban J connectivity index is 2.18. The Morgan fingerprint density at radius 2 is 2.27 bits per heavy atom. The van der Waals surface area contributed by atoms with Crippen molar-refractivity contribution in [3.8, 4) is 0 Å². The van der Waals surface area contributed by atoms with Crippen molar-refractivity contribution in [3.05, 3.63) is 11.1 Å². The fourth-order valence-electron chi connectivity index (χ4n) is 1.03. The molecule has 2 N–H and O–H groups in total. The molecule has 0 unspecified atom stereocenters. The van der Waals surface area contributed by atoms with Gasteiger partial charge in [0.05, 0.1) is 12.2 Å². The quantitative estimate of drug-likeness (QED) is 0.789. The molecule has 0 bridgehead atoms. The van der Waals surface area contributed by atoms with Gasteiger partial charge in [-0.05, 0) is 32.3 Å². The molecule has 6 heteroatoms. The van der Waals surface area contributed by atoms with Crippen molar-refractivity contribution in [1.29, 1.82) is 0 Å². The minimum absolute atomic E-state index is 0.00862. The van der Waals surface area contributed by atoms with Gasteiger partial charge in [0.2, 0.25) is 5.91 Å². The Bertz CT molecular complexity index is 304. The van der Waals surface area contributed by atoms with Gasteiger partial charge in [-0.15, -0.1) is 5.10 Å². The average molecular weight is 228 g/mol. The largest absolute Gasteiger partial charge is 0.350 e. The van der Waals surface area contributed by atoms with Crippen molar-refractivity contribution in [3.63, 3.8) is 0 Å². The van der Waals surface area contributed by atoms with Gasteiger partial charge in [0.25, 0.3) is 0 Å². The zero-order valence-electron chi connectivity index (χ0n) is 9.20. The van der Waals surface area contributed by atoms with E-state index in [4.69, 9.17) is 0 Å². The van der Waals surface area contributed by atoms with Crippen molar-refractivity contribution in [2.75, 3.05) is 6.54 Å². The molecule has 84 valence electrons. The van der Waals surface area contributed by atoms with Crippen LogP contribution in [0.1, 0.15) is 26.5 Å². The number of carbonyl (C=O) groups is 1. The van der Waals surface area contributed by atoms with Gasteiger partial charge in [-0.25, -0.2) is 0 Å². The maximum absolute atomic E-state index is 11.4. The summed E-state index contributed by atoms with van der Waals surface area (Å²) >= 11 is 1.31. The van der Waals surface area contributed by atoms with Gasteiger partial charge in [-0.1, -0.05) is 4.49 Å². The van der Waals surface area contributed by atoms with Crippen LogP contribution in [0.2, 0.25) is 0 Å². The van der Waals surface area contributed by atoms with Gasteiger partial charge < -0.3 is 10.6 Å². The maximum atomic E-state index is 11.4. The number of amides is 1. The topological polar surface area (TPSA) is 66.9 Å². The molecular formula is C9H16N4OS. The molecule has 0 saturated heterocycles. The van der Waals surface area contributed by atoms with Gasteiger partial charge in [-0.2, -0.15) is 0 Å². The summed E-state index contributed by atoms with van der Waals surface area (Å²) in [7, 11) is 0. The monoisotopic (exact) mass is 228 g/mol. The van der Waals surface area contributed by atoms with Crippen LogP contribution in [0.5, 0.6) is 0 Å². The molecule has 0 aliphatic carbocycles. The SMILES string of the molecule is CC(C)(C)NC(=O)CNCc1csnn1. The van der Waals surface area contributed by atoms with Crippen molar-refractivity contribution in [2.45, 2.75) is 32.9 Å². The van der Waals surface area contributed by atoms with Gasteiger partial charge in [0.15, 0.2) is 0 Å². The number of carbonyl (C=O) groups excluding carboxylic acids is 1. The number of rotatable bonds is 4. The van der Waals surface area contributed by atoms with E-state index in [0.29, 0.717) is 13.1 Å². The van der Waals surface area contributed by atoms with Gasteiger partial charge in [0, 0.05) is 17.5 Å². The Morgan fingerprint density at radius 1 is 1.53 bits per heavy atom. The Morgan fingerprint density at radius 3 is 2.80 bits per heavy atom. The van der Waals surface area contributed by atoms with E-state index in [9.17, 15) is 4.79 Å². The Kier molecular flexibility index (Phi) is 4.16. The zero-order chi connectivity index (χ0) is 11.3. The lowest BCUT2D eigenvalue weighted by atomic mass is 10.1. The number of nitrogens with zero attached hydrogens (tertiary/aromatic N) is 2. The van der Waals surface area contributed by atoms with Gasteiger partial charge in [-0.3, -0.25) is 4.79 Å². The highest BCUT2D eigenvalue weighted by Crippen LogP contribution is 1.98. The van der Waals surface area contributed by atoms with E-state index in [1.165, 1.54) is 11.5 Å². The Hall–Kier alpha value is -1.01. The third-order valence-electron chi connectivity index (χ3n) is 1.51. The summed E-state index contributed by atoms with van der Waals surface area (Å²) in [6, 6.07) is 0. The molecule has 0 radical (unpaired) electrons. The molecule has 0 spiro atoms. The summed E-state index contributed by atoms with van der Waals surface area (Å²) < 4.78 is 3.73. The molecule has 1 heterocycles. The second-order valence-electron chi connectivity index (χ2n) is 4.30. The third kappa shape index (κ3) is 5.44. The highest BCUT2D eigenvalue weighted by molar-refractivity contribution is 7.03. The number of hydrogen-bond donors (Lipinski definition) is 2. The zero-order valence-corrected chi connectivity index (χ0v) is 10.0. The van der Waals surface area contributed by atoms with Gasteiger partial charge >= 0.3 is 0 Å². The summed E-state index contributed by atoms with van der Waals surface area (Å²) in [5.41, 5.74) is 0.685. The van der Waals surface area contributed by atoms with Crippen molar-refractivity contribution in [2.24, 2.45) is 0 Å². The number of nitrogens with one attached hydrogen (secondary N) is 2. The van der Waals surface area contributed by atoms with E-state index in [1.54, 1.807) is 0 Å². The van der Waals surface area contributed by atoms with Crippen LogP contribution >= 0.6 is 11.5 Å². The molecule has 1 aromatic heterocycles. The summed E-state index contributed by atoms with van der Waals surface area (Å²) in [6.45, 7) is 6.74. The standard InChI is InChI=1S/C9H16N4OS/c1-9(2,3)11-8(14)5-10-4-7-6-15-13-12-7/h6,10H,4-5H2,1-3H3,(H,11,14). The highest BCUT2D eigenvalue weighted by Gasteiger charge is 2.12. The van der Waals surface area contributed by atoms with Gasteiger partial charge in [0.1, 0.15) is 0 Å². The van der Waals surface area contributed by atoms with Crippen LogP contribution in [0.4, 0.5) is 0 Å². The predicted molar refractivity (Wildman–Crippen MR) is 59.5 cm³/mol. The molecule has 1 aromatic rings. The summed E-state index contributed by atoms with van der Waals surface area (Å²) in [4.78, 5) is 11.4.